The maximum atomic E-state index is 11.1. The van der Waals surface area contributed by atoms with Crippen molar-refractivity contribution in [2.24, 2.45) is 10.9 Å². The number of hydrogen-bond acceptors (Lipinski definition) is 4. The van der Waals surface area contributed by atoms with E-state index in [2.05, 4.69) is 25.2 Å². The molecule has 0 amide bonds. The monoisotopic (exact) mass is 487 g/mol. The lowest BCUT2D eigenvalue weighted by atomic mass is 10.1. The lowest BCUT2D eigenvalue weighted by molar-refractivity contribution is 0.275. The Hall–Kier alpha value is -0.130. The van der Waals surface area contributed by atoms with E-state index in [0.717, 1.165) is 44.2 Å². The highest BCUT2D eigenvalue weighted by Crippen LogP contribution is 2.26. The summed E-state index contributed by atoms with van der Waals surface area (Å²) in [6.45, 7) is 7.06. The molecule has 7 nitrogen and oxygen atoms in total. The van der Waals surface area contributed by atoms with E-state index in [1.807, 2.05) is 6.92 Å². The molecule has 1 atom stereocenters. The number of guanidine groups is 1. The van der Waals surface area contributed by atoms with E-state index in [9.17, 15) is 8.42 Å². The molecule has 0 bridgehead atoms. The highest BCUT2D eigenvalue weighted by Gasteiger charge is 2.26. The van der Waals surface area contributed by atoms with Gasteiger partial charge in [0.15, 0.2) is 5.96 Å². The van der Waals surface area contributed by atoms with Crippen LogP contribution in [0.25, 0.3) is 0 Å². The molecule has 1 aliphatic heterocycles. The van der Waals surface area contributed by atoms with Crippen LogP contribution in [0.15, 0.2) is 4.99 Å². The Labute approximate surface area is 169 Å². The molecular formula is C16H34IN5O2S. The molecule has 0 radical (unpaired) electrons. The minimum atomic E-state index is -3.14. The summed E-state index contributed by atoms with van der Waals surface area (Å²) in [6, 6.07) is 0.423. The van der Waals surface area contributed by atoms with Crippen LogP contribution in [0.1, 0.15) is 39.0 Å². The van der Waals surface area contributed by atoms with Crippen LogP contribution in [0.2, 0.25) is 0 Å². The van der Waals surface area contributed by atoms with Crippen LogP contribution in [0.5, 0.6) is 0 Å². The second kappa shape index (κ2) is 11.6. The van der Waals surface area contributed by atoms with Crippen molar-refractivity contribution in [3.8, 4) is 0 Å². The number of likely N-dealkylation sites (tertiary alicyclic amines) is 1. The van der Waals surface area contributed by atoms with E-state index in [1.54, 1.807) is 0 Å². The molecule has 0 spiro atoms. The average Bonchev–Trinajstić information content (AvgIpc) is 3.15. The average molecular weight is 487 g/mol. The minimum absolute atomic E-state index is 0. The fourth-order valence-corrected chi connectivity index (χ4v) is 4.05. The zero-order valence-electron chi connectivity index (χ0n) is 15.5. The zero-order chi connectivity index (χ0) is 17.4. The van der Waals surface area contributed by atoms with Crippen LogP contribution in [0.4, 0.5) is 0 Å². The SMILES string of the molecule is CCNC(=NCCNS(C)(=O)=O)NC1CCN(CC2CCCC2)C1.I. The van der Waals surface area contributed by atoms with Crippen molar-refractivity contribution in [2.45, 2.75) is 45.1 Å². The van der Waals surface area contributed by atoms with Gasteiger partial charge in [-0.25, -0.2) is 13.1 Å². The lowest BCUT2D eigenvalue weighted by Gasteiger charge is -2.21. The number of hydrogen-bond donors (Lipinski definition) is 3. The van der Waals surface area contributed by atoms with Gasteiger partial charge in [-0.15, -0.1) is 24.0 Å². The fraction of sp³-hybridized carbons (Fsp3) is 0.938. The summed E-state index contributed by atoms with van der Waals surface area (Å²) >= 11 is 0. The Bertz CT molecular complexity index is 509. The molecule has 148 valence electrons. The first-order valence-electron chi connectivity index (χ1n) is 9.18. The molecule has 25 heavy (non-hydrogen) atoms. The van der Waals surface area contributed by atoms with Crippen molar-refractivity contribution in [1.82, 2.24) is 20.3 Å². The maximum absolute atomic E-state index is 11.1. The van der Waals surface area contributed by atoms with E-state index in [1.165, 1.54) is 32.2 Å². The lowest BCUT2D eigenvalue weighted by Crippen LogP contribution is -2.45. The Morgan fingerprint density at radius 3 is 2.60 bits per heavy atom. The van der Waals surface area contributed by atoms with Crippen molar-refractivity contribution in [3.05, 3.63) is 0 Å². The number of sulfonamides is 1. The van der Waals surface area contributed by atoms with Crippen molar-refractivity contribution < 1.29 is 8.42 Å². The third kappa shape index (κ3) is 9.39. The van der Waals surface area contributed by atoms with Gasteiger partial charge in [0.1, 0.15) is 0 Å². The Balaban J connectivity index is 0.00000312. The molecule has 1 aliphatic carbocycles. The Kier molecular flexibility index (Phi) is 10.6. The Morgan fingerprint density at radius 2 is 1.96 bits per heavy atom. The molecule has 2 aliphatic rings. The summed E-state index contributed by atoms with van der Waals surface area (Å²) < 4.78 is 24.6. The van der Waals surface area contributed by atoms with E-state index in [-0.39, 0.29) is 24.0 Å². The van der Waals surface area contributed by atoms with Crippen LogP contribution in [0.3, 0.4) is 0 Å². The van der Waals surface area contributed by atoms with E-state index >= 15 is 0 Å². The minimum Gasteiger partial charge on any atom is -0.357 e. The molecule has 1 saturated carbocycles. The normalized spacial score (nSPS) is 22.8. The van der Waals surface area contributed by atoms with Gasteiger partial charge in [-0.05, 0) is 32.1 Å². The van der Waals surface area contributed by atoms with Gasteiger partial charge >= 0.3 is 0 Å². The third-order valence-electron chi connectivity index (χ3n) is 4.69. The predicted octanol–water partition coefficient (Wildman–Crippen LogP) is 0.973. The standard InChI is InChI=1S/C16H33N5O2S.HI/c1-3-17-16(18-9-10-19-24(2,22)23)20-15-8-11-21(13-15)12-14-6-4-5-7-14;/h14-15,19H,3-13H2,1-2H3,(H2,17,18,20);1H. The molecule has 3 N–H and O–H groups in total. The predicted molar refractivity (Wildman–Crippen MR) is 114 cm³/mol. The van der Waals surface area contributed by atoms with E-state index in [0.29, 0.717) is 19.1 Å². The first-order chi connectivity index (χ1) is 11.5. The molecule has 2 rings (SSSR count). The smallest absolute Gasteiger partial charge is 0.208 e. The third-order valence-corrected chi connectivity index (χ3v) is 5.42. The molecule has 0 aromatic rings. The molecule has 0 aromatic carbocycles. The van der Waals surface area contributed by atoms with Crippen molar-refractivity contribution >= 4 is 40.0 Å². The van der Waals surface area contributed by atoms with Crippen LogP contribution in [-0.2, 0) is 10.0 Å². The molecule has 1 heterocycles. The first-order valence-corrected chi connectivity index (χ1v) is 11.1. The number of nitrogens with zero attached hydrogens (tertiary/aromatic N) is 2. The van der Waals surface area contributed by atoms with Crippen LogP contribution >= 0.6 is 24.0 Å². The van der Waals surface area contributed by atoms with Gasteiger partial charge in [-0.3, -0.25) is 4.99 Å². The molecule has 9 heteroatoms. The quantitative estimate of drug-likeness (QED) is 0.206. The van der Waals surface area contributed by atoms with Gasteiger partial charge in [-0.2, -0.15) is 0 Å². The molecule has 1 saturated heterocycles. The molecule has 2 fully saturated rings. The fourth-order valence-electron chi connectivity index (χ4n) is 3.59. The van der Waals surface area contributed by atoms with Gasteiger partial charge in [0.2, 0.25) is 10.0 Å². The van der Waals surface area contributed by atoms with E-state index in [4.69, 9.17) is 0 Å². The van der Waals surface area contributed by atoms with Crippen LogP contribution < -0.4 is 15.4 Å². The van der Waals surface area contributed by atoms with Gasteiger partial charge in [-0.1, -0.05) is 12.8 Å². The molecule has 1 unspecified atom stereocenters. The summed E-state index contributed by atoms with van der Waals surface area (Å²) in [5.41, 5.74) is 0. The summed E-state index contributed by atoms with van der Waals surface area (Å²) in [6.07, 6.45) is 7.90. The Morgan fingerprint density at radius 1 is 1.24 bits per heavy atom. The highest BCUT2D eigenvalue weighted by atomic mass is 127. The largest absolute Gasteiger partial charge is 0.357 e. The number of rotatable bonds is 8. The van der Waals surface area contributed by atoms with Crippen molar-refractivity contribution in [1.29, 1.82) is 0 Å². The van der Waals surface area contributed by atoms with Gasteiger partial charge in [0, 0.05) is 38.8 Å². The van der Waals surface area contributed by atoms with E-state index < -0.39 is 10.0 Å². The second-order valence-corrected chi connectivity index (χ2v) is 8.80. The van der Waals surface area contributed by atoms with Crippen molar-refractivity contribution in [2.75, 3.05) is 45.5 Å². The van der Waals surface area contributed by atoms with Gasteiger partial charge in [0.05, 0.1) is 12.8 Å². The zero-order valence-corrected chi connectivity index (χ0v) is 18.6. The topological polar surface area (TPSA) is 85.8 Å². The van der Waals surface area contributed by atoms with Gasteiger partial charge in [0.25, 0.3) is 0 Å². The first kappa shape index (κ1) is 22.9. The van der Waals surface area contributed by atoms with Crippen LogP contribution in [-0.4, -0.2) is 70.8 Å². The highest BCUT2D eigenvalue weighted by molar-refractivity contribution is 14.0. The van der Waals surface area contributed by atoms with Crippen molar-refractivity contribution in [3.63, 3.8) is 0 Å². The molecular weight excluding hydrogens is 453 g/mol. The number of aliphatic imine (C=N–C) groups is 1. The summed E-state index contributed by atoms with van der Waals surface area (Å²) in [4.78, 5) is 7.03. The van der Waals surface area contributed by atoms with Gasteiger partial charge < -0.3 is 15.5 Å². The molecule has 0 aromatic heterocycles. The van der Waals surface area contributed by atoms with Crippen LogP contribution in [0, 0.1) is 5.92 Å². The number of halogens is 1. The summed E-state index contributed by atoms with van der Waals surface area (Å²) in [5, 5.41) is 6.73. The second-order valence-electron chi connectivity index (χ2n) is 6.97. The maximum Gasteiger partial charge on any atom is 0.208 e. The summed E-state index contributed by atoms with van der Waals surface area (Å²) in [7, 11) is -3.14. The number of nitrogens with one attached hydrogen (secondary N) is 3. The summed E-state index contributed by atoms with van der Waals surface area (Å²) in [5.74, 6) is 1.67.